The third kappa shape index (κ3) is 4.63. The third-order valence-corrected chi connectivity index (χ3v) is 6.27. The second-order valence-corrected chi connectivity index (χ2v) is 9.70. The number of hydrogen-bond donors (Lipinski definition) is 3. The number of benzene rings is 1. The average molecular weight is 437 g/mol. The average Bonchev–Trinajstić information content (AvgIpc) is 3.57. The zero-order chi connectivity index (χ0) is 23.0. The number of aryl methyl sites for hydroxylation is 1. The summed E-state index contributed by atoms with van der Waals surface area (Å²) in [7, 11) is 0. The molecule has 1 aromatic heterocycles. The monoisotopic (exact) mass is 436 g/mol. The maximum absolute atomic E-state index is 13.3. The Kier molecular flexibility index (Phi) is 5.95. The van der Waals surface area contributed by atoms with Crippen LogP contribution in [-0.2, 0) is 0 Å². The molecule has 1 aliphatic carbocycles. The minimum atomic E-state index is -0.624. The third-order valence-electron chi connectivity index (χ3n) is 6.27. The highest BCUT2D eigenvalue weighted by atomic mass is 16.3. The highest BCUT2D eigenvalue weighted by Crippen LogP contribution is 2.31. The molecule has 32 heavy (non-hydrogen) atoms. The summed E-state index contributed by atoms with van der Waals surface area (Å²) in [6.07, 6.45) is 4.78. The van der Waals surface area contributed by atoms with Crippen molar-refractivity contribution in [2.45, 2.75) is 64.6 Å². The Morgan fingerprint density at radius 1 is 1.22 bits per heavy atom. The molecule has 1 aliphatic heterocycles. The van der Waals surface area contributed by atoms with Crippen LogP contribution in [0, 0.1) is 6.92 Å². The predicted octanol–water partition coefficient (Wildman–Crippen LogP) is 3.37. The fourth-order valence-electron chi connectivity index (χ4n) is 3.78. The highest BCUT2D eigenvalue weighted by molar-refractivity contribution is 6.01. The summed E-state index contributed by atoms with van der Waals surface area (Å²) in [5.74, 6) is 0.308. The van der Waals surface area contributed by atoms with Crippen LogP contribution in [0.4, 0.5) is 5.82 Å². The number of amides is 2. The maximum atomic E-state index is 13.3. The van der Waals surface area contributed by atoms with E-state index >= 15 is 0 Å². The van der Waals surface area contributed by atoms with Gasteiger partial charge < -0.3 is 20.6 Å². The summed E-state index contributed by atoms with van der Waals surface area (Å²) in [5.41, 5.74) is 3.11. The SMILES string of the molecule is Cc1ccc(C(=O)NC2CC2)cc1-c1cnc(NC(C)(C)CO)c(C(=O)N2CCC2C)c1. The van der Waals surface area contributed by atoms with E-state index in [2.05, 4.69) is 15.6 Å². The molecule has 1 saturated heterocycles. The molecule has 2 amide bonds. The molecule has 2 aromatic rings. The molecule has 1 unspecified atom stereocenters. The smallest absolute Gasteiger partial charge is 0.257 e. The number of carbonyl (C=O) groups excluding carboxylic acids is 2. The van der Waals surface area contributed by atoms with Crippen LogP contribution in [0.5, 0.6) is 0 Å². The van der Waals surface area contributed by atoms with Crippen molar-refractivity contribution in [3.05, 3.63) is 47.2 Å². The summed E-state index contributed by atoms with van der Waals surface area (Å²) >= 11 is 0. The van der Waals surface area contributed by atoms with Gasteiger partial charge in [-0.2, -0.15) is 0 Å². The van der Waals surface area contributed by atoms with Crippen molar-refractivity contribution < 1.29 is 14.7 Å². The predicted molar refractivity (Wildman–Crippen MR) is 125 cm³/mol. The molecule has 2 aliphatic rings. The molecule has 7 nitrogen and oxygen atoms in total. The van der Waals surface area contributed by atoms with Crippen LogP contribution in [0.1, 0.15) is 66.3 Å². The molecule has 4 rings (SSSR count). The van der Waals surface area contributed by atoms with Gasteiger partial charge in [-0.15, -0.1) is 0 Å². The minimum absolute atomic E-state index is 0.0737. The number of aliphatic hydroxyl groups is 1. The molecule has 0 bridgehead atoms. The molecule has 2 heterocycles. The van der Waals surface area contributed by atoms with Gasteiger partial charge in [0, 0.05) is 36.0 Å². The summed E-state index contributed by atoms with van der Waals surface area (Å²) in [6, 6.07) is 7.96. The minimum Gasteiger partial charge on any atom is -0.394 e. The van der Waals surface area contributed by atoms with Crippen molar-refractivity contribution in [3.63, 3.8) is 0 Å². The van der Waals surface area contributed by atoms with Crippen molar-refractivity contribution >= 4 is 17.6 Å². The molecule has 7 heteroatoms. The number of pyridine rings is 1. The Bertz CT molecular complexity index is 1050. The summed E-state index contributed by atoms with van der Waals surface area (Å²) in [5, 5.41) is 15.9. The Morgan fingerprint density at radius 2 is 1.97 bits per heavy atom. The molecular formula is C25H32N4O3. The van der Waals surface area contributed by atoms with Crippen LogP contribution in [0.2, 0.25) is 0 Å². The van der Waals surface area contributed by atoms with Gasteiger partial charge in [0.15, 0.2) is 0 Å². The first-order chi connectivity index (χ1) is 15.2. The number of aliphatic hydroxyl groups excluding tert-OH is 1. The number of likely N-dealkylation sites (tertiary alicyclic amines) is 1. The Hall–Kier alpha value is -2.93. The van der Waals surface area contributed by atoms with Crippen LogP contribution in [-0.4, -0.2) is 57.6 Å². The van der Waals surface area contributed by atoms with E-state index < -0.39 is 5.54 Å². The van der Waals surface area contributed by atoms with Gasteiger partial charge in [-0.1, -0.05) is 6.07 Å². The maximum Gasteiger partial charge on any atom is 0.257 e. The van der Waals surface area contributed by atoms with Crippen LogP contribution >= 0.6 is 0 Å². The second-order valence-electron chi connectivity index (χ2n) is 9.70. The highest BCUT2D eigenvalue weighted by Gasteiger charge is 2.32. The zero-order valence-electron chi connectivity index (χ0n) is 19.2. The van der Waals surface area contributed by atoms with E-state index in [0.29, 0.717) is 16.9 Å². The lowest BCUT2D eigenvalue weighted by Crippen LogP contribution is -2.49. The van der Waals surface area contributed by atoms with Gasteiger partial charge in [0.25, 0.3) is 11.8 Å². The number of anilines is 1. The summed E-state index contributed by atoms with van der Waals surface area (Å²) in [4.78, 5) is 32.3. The van der Waals surface area contributed by atoms with Gasteiger partial charge in [-0.3, -0.25) is 9.59 Å². The van der Waals surface area contributed by atoms with Crippen molar-refractivity contribution in [1.82, 2.24) is 15.2 Å². The second kappa shape index (κ2) is 8.54. The molecule has 0 radical (unpaired) electrons. The number of rotatable bonds is 7. The van der Waals surface area contributed by atoms with E-state index in [-0.39, 0.29) is 30.5 Å². The Balaban J connectivity index is 1.72. The number of carbonyl (C=O) groups is 2. The first-order valence-corrected chi connectivity index (χ1v) is 11.3. The molecular weight excluding hydrogens is 404 g/mol. The first kappa shape index (κ1) is 22.3. The normalized spacial score (nSPS) is 18.2. The molecule has 3 N–H and O–H groups in total. The quantitative estimate of drug-likeness (QED) is 0.619. The van der Waals surface area contributed by atoms with E-state index in [1.807, 2.05) is 56.9 Å². The van der Waals surface area contributed by atoms with Crippen LogP contribution in [0.15, 0.2) is 30.5 Å². The summed E-state index contributed by atoms with van der Waals surface area (Å²) < 4.78 is 0. The number of nitrogens with one attached hydrogen (secondary N) is 2. The fraction of sp³-hybridized carbons (Fsp3) is 0.480. The van der Waals surface area contributed by atoms with E-state index in [1.165, 1.54) is 0 Å². The van der Waals surface area contributed by atoms with Crippen molar-refractivity contribution in [2.75, 3.05) is 18.5 Å². The number of hydrogen-bond acceptors (Lipinski definition) is 5. The van der Waals surface area contributed by atoms with Crippen molar-refractivity contribution in [1.29, 1.82) is 0 Å². The van der Waals surface area contributed by atoms with E-state index in [4.69, 9.17) is 0 Å². The van der Waals surface area contributed by atoms with E-state index in [1.54, 1.807) is 6.20 Å². The zero-order valence-corrected chi connectivity index (χ0v) is 19.2. The van der Waals surface area contributed by atoms with Crippen LogP contribution in [0.25, 0.3) is 11.1 Å². The van der Waals surface area contributed by atoms with Gasteiger partial charge in [-0.05, 0) is 76.3 Å². The summed E-state index contributed by atoms with van der Waals surface area (Å²) in [6.45, 7) is 8.36. The topological polar surface area (TPSA) is 94.6 Å². The van der Waals surface area contributed by atoms with E-state index in [9.17, 15) is 14.7 Å². The lowest BCUT2D eigenvalue weighted by Gasteiger charge is -2.39. The molecule has 2 fully saturated rings. The fourth-order valence-corrected chi connectivity index (χ4v) is 3.78. The molecule has 170 valence electrons. The first-order valence-electron chi connectivity index (χ1n) is 11.3. The molecule has 1 aromatic carbocycles. The van der Waals surface area contributed by atoms with Gasteiger partial charge in [0.1, 0.15) is 5.82 Å². The van der Waals surface area contributed by atoms with Crippen LogP contribution < -0.4 is 10.6 Å². The number of nitrogens with zero attached hydrogens (tertiary/aromatic N) is 2. The van der Waals surface area contributed by atoms with Gasteiger partial charge in [0.05, 0.1) is 17.7 Å². The molecule has 1 atom stereocenters. The van der Waals surface area contributed by atoms with E-state index in [0.717, 1.165) is 42.5 Å². The van der Waals surface area contributed by atoms with Crippen molar-refractivity contribution in [2.24, 2.45) is 0 Å². The van der Waals surface area contributed by atoms with Crippen molar-refractivity contribution in [3.8, 4) is 11.1 Å². The van der Waals surface area contributed by atoms with Gasteiger partial charge >= 0.3 is 0 Å². The largest absolute Gasteiger partial charge is 0.394 e. The molecule has 0 spiro atoms. The molecule has 1 saturated carbocycles. The van der Waals surface area contributed by atoms with Gasteiger partial charge in [0.2, 0.25) is 0 Å². The Labute approximate surface area is 189 Å². The lowest BCUT2D eigenvalue weighted by molar-refractivity contribution is 0.0502. The number of aromatic nitrogens is 1. The van der Waals surface area contributed by atoms with Gasteiger partial charge in [-0.25, -0.2) is 4.98 Å². The van der Waals surface area contributed by atoms with Crippen LogP contribution in [0.3, 0.4) is 0 Å². The standard InChI is InChI=1S/C25H32N4O3/c1-15-5-6-17(23(31)27-19-7-8-19)11-20(15)18-12-21(24(32)29-10-9-16(29)2)22(26-13-18)28-25(3,4)14-30/h5-6,11-13,16,19,30H,7-10,14H2,1-4H3,(H,26,28)(H,27,31). The lowest BCUT2D eigenvalue weighted by atomic mass is 9.96. The Morgan fingerprint density at radius 3 is 2.56 bits per heavy atom.